The fraction of sp³-hybridized carbons (Fsp3) is 0.200. The van der Waals surface area contributed by atoms with Gasteiger partial charge >= 0.3 is 6.09 Å². The van der Waals surface area contributed by atoms with Crippen molar-refractivity contribution >= 4 is 6.09 Å². The predicted octanol–water partition coefficient (Wildman–Crippen LogP) is 3.76. The van der Waals surface area contributed by atoms with Crippen LogP contribution < -0.4 is 5.32 Å². The van der Waals surface area contributed by atoms with E-state index in [0.29, 0.717) is 13.2 Å². The number of carbonyl (C=O) groups excluding carboxylic acids is 1. The van der Waals surface area contributed by atoms with Crippen LogP contribution in [0.4, 0.5) is 4.79 Å². The number of imidazole rings is 1. The van der Waals surface area contributed by atoms with Gasteiger partial charge in [0.15, 0.2) is 0 Å². The molecule has 1 aliphatic carbocycles. The van der Waals surface area contributed by atoms with Crippen molar-refractivity contribution in [2.24, 2.45) is 0 Å². The maximum atomic E-state index is 12.1. The molecular weight excluding hydrogens is 314 g/mol. The van der Waals surface area contributed by atoms with Crippen LogP contribution in [-0.2, 0) is 11.3 Å². The van der Waals surface area contributed by atoms with Crippen LogP contribution in [0, 0.1) is 6.92 Å². The van der Waals surface area contributed by atoms with Gasteiger partial charge in [0.2, 0.25) is 0 Å². The number of carbonyl (C=O) groups is 1. The van der Waals surface area contributed by atoms with Crippen molar-refractivity contribution in [1.82, 2.24) is 15.3 Å². The van der Waals surface area contributed by atoms with Crippen LogP contribution >= 0.6 is 0 Å². The molecule has 0 saturated heterocycles. The quantitative estimate of drug-likeness (QED) is 0.764. The third-order valence-electron chi connectivity index (χ3n) is 4.68. The number of aromatic amines is 1. The molecular formula is C20H19N3O2. The third-order valence-corrected chi connectivity index (χ3v) is 4.68. The fourth-order valence-electron chi connectivity index (χ4n) is 3.37. The standard InChI is InChI=1S/C20H19N3O2/c1-13-19(23-12-22-13)10-21-20(24)25-11-18-16-8-4-2-6-14(16)15-7-3-5-9-17(15)18/h2-9,12,18H,10-11H2,1H3,(H,21,24)(H,22,23). The van der Waals surface area contributed by atoms with E-state index in [9.17, 15) is 4.79 Å². The summed E-state index contributed by atoms with van der Waals surface area (Å²) in [7, 11) is 0. The number of H-pyrrole nitrogens is 1. The molecule has 0 aliphatic heterocycles. The van der Waals surface area contributed by atoms with Crippen LogP contribution in [0.1, 0.15) is 28.4 Å². The molecule has 3 aromatic rings. The molecule has 4 rings (SSSR count). The van der Waals surface area contributed by atoms with E-state index < -0.39 is 6.09 Å². The van der Waals surface area contributed by atoms with Gasteiger partial charge in [-0.25, -0.2) is 9.78 Å². The van der Waals surface area contributed by atoms with E-state index in [4.69, 9.17) is 4.74 Å². The van der Waals surface area contributed by atoms with E-state index in [1.54, 1.807) is 6.33 Å². The monoisotopic (exact) mass is 333 g/mol. The molecule has 5 heteroatoms. The Kier molecular flexibility index (Phi) is 3.98. The summed E-state index contributed by atoms with van der Waals surface area (Å²) >= 11 is 0. The Bertz CT molecular complexity index is 871. The molecule has 1 aromatic heterocycles. The van der Waals surface area contributed by atoms with Gasteiger partial charge in [-0.2, -0.15) is 0 Å². The normalized spacial score (nSPS) is 12.5. The molecule has 2 aromatic carbocycles. The summed E-state index contributed by atoms with van der Waals surface area (Å²) in [5, 5.41) is 2.75. The Morgan fingerprint density at radius 3 is 2.36 bits per heavy atom. The largest absolute Gasteiger partial charge is 0.449 e. The smallest absolute Gasteiger partial charge is 0.407 e. The van der Waals surface area contributed by atoms with E-state index >= 15 is 0 Å². The number of fused-ring (bicyclic) bond motifs is 3. The lowest BCUT2D eigenvalue weighted by Crippen LogP contribution is -2.26. The molecule has 2 N–H and O–H groups in total. The minimum absolute atomic E-state index is 0.0743. The molecule has 1 aliphatic rings. The molecule has 126 valence electrons. The van der Waals surface area contributed by atoms with Crippen LogP contribution in [0.15, 0.2) is 54.9 Å². The second-order valence-electron chi connectivity index (χ2n) is 6.15. The van der Waals surface area contributed by atoms with Crippen LogP contribution in [0.3, 0.4) is 0 Å². The van der Waals surface area contributed by atoms with Gasteiger partial charge in [-0.3, -0.25) is 0 Å². The first-order chi connectivity index (χ1) is 12.2. The summed E-state index contributed by atoms with van der Waals surface area (Å²) in [5.41, 5.74) is 6.62. The van der Waals surface area contributed by atoms with Crippen molar-refractivity contribution < 1.29 is 9.53 Å². The van der Waals surface area contributed by atoms with Gasteiger partial charge in [0.25, 0.3) is 0 Å². The molecule has 1 heterocycles. The number of rotatable bonds is 4. The minimum atomic E-state index is -0.427. The summed E-state index contributed by atoms with van der Waals surface area (Å²) in [4.78, 5) is 19.2. The average Bonchev–Trinajstić information content (AvgIpc) is 3.19. The van der Waals surface area contributed by atoms with Crippen LogP contribution in [0.5, 0.6) is 0 Å². The SMILES string of the molecule is Cc1[nH]cnc1CNC(=O)OCC1c2ccccc2-c2ccccc21. The van der Waals surface area contributed by atoms with E-state index in [2.05, 4.69) is 39.6 Å². The molecule has 1 amide bonds. The molecule has 0 bridgehead atoms. The first-order valence-corrected chi connectivity index (χ1v) is 8.31. The molecule has 0 spiro atoms. The van der Waals surface area contributed by atoms with Crippen molar-refractivity contribution in [3.63, 3.8) is 0 Å². The van der Waals surface area contributed by atoms with Gasteiger partial charge in [0.1, 0.15) is 6.61 Å². The Labute approximate surface area is 146 Å². The first-order valence-electron chi connectivity index (χ1n) is 8.31. The van der Waals surface area contributed by atoms with E-state index in [1.165, 1.54) is 22.3 Å². The molecule has 0 saturated carbocycles. The number of benzene rings is 2. The number of alkyl carbamates (subject to hydrolysis) is 1. The van der Waals surface area contributed by atoms with Gasteiger partial charge in [0.05, 0.1) is 18.6 Å². The van der Waals surface area contributed by atoms with Gasteiger partial charge in [-0.1, -0.05) is 48.5 Å². The number of aromatic nitrogens is 2. The van der Waals surface area contributed by atoms with Crippen molar-refractivity contribution in [2.75, 3.05) is 6.61 Å². The number of nitrogens with one attached hydrogen (secondary N) is 2. The Balaban J connectivity index is 1.44. The lowest BCUT2D eigenvalue weighted by atomic mass is 9.98. The Morgan fingerprint density at radius 2 is 1.76 bits per heavy atom. The minimum Gasteiger partial charge on any atom is -0.449 e. The second-order valence-corrected chi connectivity index (χ2v) is 6.15. The van der Waals surface area contributed by atoms with Gasteiger partial charge in [0, 0.05) is 11.6 Å². The van der Waals surface area contributed by atoms with E-state index in [1.807, 2.05) is 31.2 Å². The number of amides is 1. The zero-order valence-electron chi connectivity index (χ0n) is 14.0. The van der Waals surface area contributed by atoms with Crippen molar-refractivity contribution in [3.05, 3.63) is 77.4 Å². The Morgan fingerprint density at radius 1 is 1.12 bits per heavy atom. The number of aryl methyl sites for hydroxylation is 1. The highest BCUT2D eigenvalue weighted by atomic mass is 16.5. The van der Waals surface area contributed by atoms with Gasteiger partial charge in [-0.05, 0) is 29.2 Å². The Hall–Kier alpha value is -3.08. The predicted molar refractivity (Wildman–Crippen MR) is 95.2 cm³/mol. The number of ether oxygens (including phenoxy) is 1. The summed E-state index contributed by atoms with van der Waals surface area (Å²) in [6.07, 6.45) is 1.19. The van der Waals surface area contributed by atoms with Gasteiger partial charge in [-0.15, -0.1) is 0 Å². The summed E-state index contributed by atoms with van der Waals surface area (Å²) in [5.74, 6) is 0.0743. The second kappa shape index (κ2) is 6.43. The number of nitrogens with zero attached hydrogens (tertiary/aromatic N) is 1. The highest BCUT2D eigenvalue weighted by Gasteiger charge is 2.28. The zero-order valence-corrected chi connectivity index (χ0v) is 14.0. The third kappa shape index (κ3) is 2.89. The lowest BCUT2D eigenvalue weighted by Gasteiger charge is -2.14. The van der Waals surface area contributed by atoms with Crippen LogP contribution in [0.2, 0.25) is 0 Å². The number of hydrogen-bond acceptors (Lipinski definition) is 3. The highest BCUT2D eigenvalue weighted by Crippen LogP contribution is 2.44. The molecule has 0 fully saturated rings. The van der Waals surface area contributed by atoms with Crippen molar-refractivity contribution in [1.29, 1.82) is 0 Å². The summed E-state index contributed by atoms with van der Waals surface area (Å²) in [6, 6.07) is 16.6. The van der Waals surface area contributed by atoms with E-state index in [0.717, 1.165) is 11.4 Å². The molecule has 5 nitrogen and oxygen atoms in total. The van der Waals surface area contributed by atoms with E-state index in [-0.39, 0.29) is 5.92 Å². The first kappa shape index (κ1) is 15.4. The summed E-state index contributed by atoms with van der Waals surface area (Å²) in [6.45, 7) is 2.59. The number of hydrogen-bond donors (Lipinski definition) is 2. The summed E-state index contributed by atoms with van der Waals surface area (Å²) < 4.78 is 5.49. The lowest BCUT2D eigenvalue weighted by molar-refractivity contribution is 0.142. The van der Waals surface area contributed by atoms with Crippen molar-refractivity contribution in [3.8, 4) is 11.1 Å². The maximum Gasteiger partial charge on any atom is 0.407 e. The molecule has 0 radical (unpaired) electrons. The average molecular weight is 333 g/mol. The van der Waals surface area contributed by atoms with Crippen LogP contribution in [0.25, 0.3) is 11.1 Å². The topological polar surface area (TPSA) is 67.0 Å². The van der Waals surface area contributed by atoms with Crippen LogP contribution in [-0.4, -0.2) is 22.7 Å². The maximum absolute atomic E-state index is 12.1. The highest BCUT2D eigenvalue weighted by molar-refractivity contribution is 5.79. The van der Waals surface area contributed by atoms with Gasteiger partial charge < -0.3 is 15.0 Å². The fourth-order valence-corrected chi connectivity index (χ4v) is 3.37. The molecule has 25 heavy (non-hydrogen) atoms. The molecule has 0 unspecified atom stereocenters. The zero-order chi connectivity index (χ0) is 17.2. The molecule has 0 atom stereocenters. The van der Waals surface area contributed by atoms with Crippen molar-refractivity contribution in [2.45, 2.75) is 19.4 Å².